The first-order valence-electron chi connectivity index (χ1n) is 12.6. The standard InChI is InChI=1S/C27H32N4O5/c1-35-21-9-7-19(8-10-21)17-24(32)30-14-11-20(12-15-30)27(23-6-2-3-13-28-23)25(33)31(26(34)29-27)18-22-5-4-16-36-22/h2-3,6-10,13,20,22H,4-5,11-12,14-18H2,1H3,(H,29,34)/t22-,27-/m1/s1. The molecule has 1 aromatic carbocycles. The lowest BCUT2D eigenvalue weighted by molar-refractivity contribution is -0.137. The van der Waals surface area contributed by atoms with Crippen molar-refractivity contribution in [3.63, 3.8) is 0 Å². The molecule has 5 rings (SSSR count). The molecular weight excluding hydrogens is 460 g/mol. The van der Waals surface area contributed by atoms with Crippen LogP contribution < -0.4 is 10.1 Å². The molecule has 3 saturated heterocycles. The summed E-state index contributed by atoms with van der Waals surface area (Å²) in [5, 5.41) is 3.03. The quantitative estimate of drug-likeness (QED) is 0.596. The van der Waals surface area contributed by atoms with Crippen LogP contribution >= 0.6 is 0 Å². The number of piperidine rings is 1. The predicted molar refractivity (Wildman–Crippen MR) is 131 cm³/mol. The van der Waals surface area contributed by atoms with Gasteiger partial charge in [-0.25, -0.2) is 4.79 Å². The molecule has 3 aliphatic rings. The number of hydrogen-bond acceptors (Lipinski definition) is 6. The van der Waals surface area contributed by atoms with E-state index in [1.165, 1.54) is 4.90 Å². The van der Waals surface area contributed by atoms with Gasteiger partial charge in [0.1, 0.15) is 5.75 Å². The number of nitrogens with zero attached hydrogens (tertiary/aromatic N) is 3. The van der Waals surface area contributed by atoms with Crippen LogP contribution in [-0.4, -0.2) is 72.1 Å². The Balaban J connectivity index is 1.31. The number of benzene rings is 1. The minimum Gasteiger partial charge on any atom is -0.497 e. The van der Waals surface area contributed by atoms with E-state index in [4.69, 9.17) is 9.47 Å². The number of urea groups is 1. The molecule has 2 atom stereocenters. The first-order chi connectivity index (χ1) is 17.5. The molecule has 0 saturated carbocycles. The number of imide groups is 1. The second kappa shape index (κ2) is 10.3. The Bertz CT molecular complexity index is 1090. The average Bonchev–Trinajstić information content (AvgIpc) is 3.52. The average molecular weight is 493 g/mol. The highest BCUT2D eigenvalue weighted by atomic mass is 16.5. The fourth-order valence-electron chi connectivity index (χ4n) is 5.60. The third kappa shape index (κ3) is 4.55. The van der Waals surface area contributed by atoms with Gasteiger partial charge in [0.05, 0.1) is 31.9 Å². The van der Waals surface area contributed by atoms with Gasteiger partial charge in [0.15, 0.2) is 5.54 Å². The lowest BCUT2D eigenvalue weighted by atomic mass is 9.75. The molecule has 4 amide bonds. The Labute approximate surface area is 210 Å². The van der Waals surface area contributed by atoms with Gasteiger partial charge in [0, 0.05) is 31.8 Å². The summed E-state index contributed by atoms with van der Waals surface area (Å²) >= 11 is 0. The zero-order chi connectivity index (χ0) is 25.1. The van der Waals surface area contributed by atoms with E-state index < -0.39 is 11.6 Å². The molecule has 3 aliphatic heterocycles. The molecule has 3 fully saturated rings. The van der Waals surface area contributed by atoms with Gasteiger partial charge in [-0.3, -0.25) is 19.5 Å². The lowest BCUT2D eigenvalue weighted by Crippen LogP contribution is -2.55. The van der Waals surface area contributed by atoms with E-state index >= 15 is 0 Å². The van der Waals surface area contributed by atoms with Crippen LogP contribution in [0.1, 0.15) is 36.9 Å². The van der Waals surface area contributed by atoms with E-state index in [9.17, 15) is 14.4 Å². The van der Waals surface area contributed by atoms with Crippen LogP contribution in [0.5, 0.6) is 5.75 Å². The number of amides is 4. The fourth-order valence-corrected chi connectivity index (χ4v) is 5.60. The van der Waals surface area contributed by atoms with Crippen molar-refractivity contribution in [2.75, 3.05) is 33.4 Å². The molecule has 0 spiro atoms. The second-order valence-corrected chi connectivity index (χ2v) is 9.68. The van der Waals surface area contributed by atoms with E-state index in [0.717, 1.165) is 24.2 Å². The highest BCUT2D eigenvalue weighted by Gasteiger charge is 2.58. The minimum absolute atomic E-state index is 0.0484. The number of hydrogen-bond donors (Lipinski definition) is 1. The smallest absolute Gasteiger partial charge is 0.325 e. The van der Waals surface area contributed by atoms with Crippen molar-refractivity contribution < 1.29 is 23.9 Å². The van der Waals surface area contributed by atoms with Crippen molar-refractivity contribution >= 4 is 17.8 Å². The van der Waals surface area contributed by atoms with Crippen molar-refractivity contribution in [2.24, 2.45) is 5.92 Å². The number of nitrogens with one attached hydrogen (secondary N) is 1. The van der Waals surface area contributed by atoms with E-state index in [1.54, 1.807) is 25.4 Å². The Morgan fingerprint density at radius 2 is 1.92 bits per heavy atom. The molecule has 36 heavy (non-hydrogen) atoms. The van der Waals surface area contributed by atoms with Gasteiger partial charge in [-0.15, -0.1) is 0 Å². The zero-order valence-electron chi connectivity index (χ0n) is 20.5. The predicted octanol–water partition coefficient (Wildman–Crippen LogP) is 2.50. The fraction of sp³-hybridized carbons (Fsp3) is 0.481. The molecule has 0 bridgehead atoms. The number of likely N-dealkylation sites (tertiary alicyclic amines) is 1. The van der Waals surface area contributed by atoms with E-state index in [0.29, 0.717) is 44.7 Å². The number of aromatic nitrogens is 1. The highest BCUT2D eigenvalue weighted by Crippen LogP contribution is 2.41. The van der Waals surface area contributed by atoms with Crippen LogP contribution in [0, 0.1) is 5.92 Å². The summed E-state index contributed by atoms with van der Waals surface area (Å²) < 4.78 is 10.9. The summed E-state index contributed by atoms with van der Waals surface area (Å²) in [5.74, 6) is 0.351. The number of carbonyl (C=O) groups excluding carboxylic acids is 3. The first kappa shape index (κ1) is 24.2. The largest absolute Gasteiger partial charge is 0.497 e. The molecule has 1 N–H and O–H groups in total. The lowest BCUT2D eigenvalue weighted by Gasteiger charge is -2.40. The number of pyridine rings is 1. The molecule has 9 heteroatoms. The maximum atomic E-state index is 13.9. The van der Waals surface area contributed by atoms with Crippen molar-refractivity contribution in [3.8, 4) is 5.75 Å². The van der Waals surface area contributed by atoms with E-state index in [1.807, 2.05) is 35.2 Å². The number of methoxy groups -OCH3 is 1. The molecule has 0 unspecified atom stereocenters. The molecule has 190 valence electrons. The molecule has 4 heterocycles. The van der Waals surface area contributed by atoms with Crippen molar-refractivity contribution in [3.05, 3.63) is 59.9 Å². The molecule has 0 radical (unpaired) electrons. The van der Waals surface area contributed by atoms with Gasteiger partial charge in [-0.05, 0) is 55.5 Å². The van der Waals surface area contributed by atoms with Crippen LogP contribution in [0.15, 0.2) is 48.7 Å². The summed E-state index contributed by atoms with van der Waals surface area (Å²) in [6.07, 6.45) is 4.77. The van der Waals surface area contributed by atoms with Crippen molar-refractivity contribution in [2.45, 2.75) is 43.7 Å². The summed E-state index contributed by atoms with van der Waals surface area (Å²) in [6, 6.07) is 12.5. The molecule has 0 aliphatic carbocycles. The summed E-state index contributed by atoms with van der Waals surface area (Å²) in [5.41, 5.74) is 0.235. The van der Waals surface area contributed by atoms with Crippen LogP contribution in [0.4, 0.5) is 4.79 Å². The van der Waals surface area contributed by atoms with Crippen LogP contribution in [0.25, 0.3) is 0 Å². The molecule has 9 nitrogen and oxygen atoms in total. The third-order valence-electron chi connectivity index (χ3n) is 7.59. The van der Waals surface area contributed by atoms with Crippen molar-refractivity contribution in [1.82, 2.24) is 20.1 Å². The number of carbonyl (C=O) groups is 3. The Kier molecular flexibility index (Phi) is 6.91. The van der Waals surface area contributed by atoms with Crippen molar-refractivity contribution in [1.29, 1.82) is 0 Å². The van der Waals surface area contributed by atoms with Crippen LogP contribution in [0.3, 0.4) is 0 Å². The van der Waals surface area contributed by atoms with Crippen LogP contribution in [-0.2, 0) is 26.3 Å². The third-order valence-corrected chi connectivity index (χ3v) is 7.59. The summed E-state index contributed by atoms with van der Waals surface area (Å²) in [4.78, 5) is 47.6. The van der Waals surface area contributed by atoms with Gasteiger partial charge in [-0.2, -0.15) is 0 Å². The van der Waals surface area contributed by atoms with Gasteiger partial charge in [0.2, 0.25) is 5.91 Å². The Hall–Kier alpha value is -3.46. The summed E-state index contributed by atoms with van der Waals surface area (Å²) in [6.45, 7) is 1.94. The first-order valence-corrected chi connectivity index (χ1v) is 12.6. The van der Waals surface area contributed by atoms with Crippen LogP contribution in [0.2, 0.25) is 0 Å². The monoisotopic (exact) mass is 492 g/mol. The Morgan fingerprint density at radius 3 is 2.56 bits per heavy atom. The number of ether oxygens (including phenoxy) is 2. The SMILES string of the molecule is COc1ccc(CC(=O)N2CCC([C@]3(c4ccccn4)NC(=O)N(C[C@H]4CCCO4)C3=O)CC2)cc1. The zero-order valence-corrected chi connectivity index (χ0v) is 20.5. The molecular formula is C27H32N4O5. The maximum Gasteiger partial charge on any atom is 0.325 e. The normalized spacial score (nSPS) is 24.8. The number of rotatable bonds is 7. The summed E-state index contributed by atoms with van der Waals surface area (Å²) in [7, 11) is 1.61. The van der Waals surface area contributed by atoms with E-state index in [2.05, 4.69) is 10.3 Å². The molecule has 1 aromatic heterocycles. The van der Waals surface area contributed by atoms with Gasteiger partial charge in [-0.1, -0.05) is 18.2 Å². The second-order valence-electron chi connectivity index (χ2n) is 9.68. The van der Waals surface area contributed by atoms with Gasteiger partial charge < -0.3 is 19.7 Å². The maximum absolute atomic E-state index is 13.9. The minimum atomic E-state index is -1.23. The Morgan fingerprint density at radius 1 is 1.14 bits per heavy atom. The molecule has 2 aromatic rings. The van der Waals surface area contributed by atoms with Gasteiger partial charge in [0.25, 0.3) is 5.91 Å². The van der Waals surface area contributed by atoms with Gasteiger partial charge >= 0.3 is 6.03 Å². The topological polar surface area (TPSA) is 101 Å². The van der Waals surface area contributed by atoms with E-state index in [-0.39, 0.29) is 30.4 Å². The highest BCUT2D eigenvalue weighted by molar-refractivity contribution is 6.07.